The third-order valence-electron chi connectivity index (χ3n) is 2.79. The number of nitrogens with zero attached hydrogens (tertiary/aromatic N) is 3. The molecule has 98 valence electrons. The molecule has 0 unspecified atom stereocenters. The Morgan fingerprint density at radius 1 is 1.50 bits per heavy atom. The van der Waals surface area contributed by atoms with E-state index in [1.165, 1.54) is 12.8 Å². The van der Waals surface area contributed by atoms with Crippen molar-refractivity contribution in [1.82, 2.24) is 15.3 Å². The Bertz CT molecular complexity index is 417. The second-order valence-electron chi connectivity index (χ2n) is 4.73. The number of hydrogen-bond donors (Lipinski definition) is 2. The first-order valence-corrected chi connectivity index (χ1v) is 6.16. The van der Waals surface area contributed by atoms with Gasteiger partial charge in [0.25, 0.3) is 0 Å². The van der Waals surface area contributed by atoms with Crippen LogP contribution in [0.3, 0.4) is 0 Å². The number of aromatic nitrogens is 2. The molecule has 0 radical (unpaired) electrons. The van der Waals surface area contributed by atoms with E-state index in [2.05, 4.69) is 20.6 Å². The summed E-state index contributed by atoms with van der Waals surface area (Å²) in [6, 6.07) is 1.82. The van der Waals surface area contributed by atoms with Gasteiger partial charge in [0, 0.05) is 26.8 Å². The minimum absolute atomic E-state index is 0.0132. The molecular weight excluding hydrogens is 230 g/mol. The Kier molecular flexibility index (Phi) is 3.96. The molecule has 1 aromatic rings. The van der Waals surface area contributed by atoms with Gasteiger partial charge < -0.3 is 15.5 Å². The van der Waals surface area contributed by atoms with Crippen molar-refractivity contribution in [3.05, 3.63) is 12.3 Å². The van der Waals surface area contributed by atoms with Crippen molar-refractivity contribution in [2.75, 3.05) is 37.4 Å². The molecule has 1 aliphatic rings. The molecule has 18 heavy (non-hydrogen) atoms. The van der Waals surface area contributed by atoms with Crippen LogP contribution in [0, 0.1) is 5.92 Å². The molecule has 0 atom stereocenters. The van der Waals surface area contributed by atoms with Crippen LogP contribution in [0.15, 0.2) is 12.3 Å². The summed E-state index contributed by atoms with van der Waals surface area (Å²) >= 11 is 0. The van der Waals surface area contributed by atoms with Gasteiger partial charge in [0.1, 0.15) is 5.82 Å². The Labute approximate surface area is 107 Å². The molecule has 2 rings (SSSR count). The lowest BCUT2D eigenvalue weighted by molar-refractivity contribution is -0.119. The lowest BCUT2D eigenvalue weighted by Crippen LogP contribution is -2.31. The maximum Gasteiger partial charge on any atom is 0.239 e. The summed E-state index contributed by atoms with van der Waals surface area (Å²) in [5.74, 6) is 1.97. The maximum absolute atomic E-state index is 11.5. The Hall–Kier alpha value is -1.85. The van der Waals surface area contributed by atoms with Gasteiger partial charge in [0.2, 0.25) is 11.9 Å². The minimum Gasteiger partial charge on any atom is -0.363 e. The van der Waals surface area contributed by atoms with Crippen LogP contribution in [-0.2, 0) is 4.79 Å². The van der Waals surface area contributed by atoms with Gasteiger partial charge in [-0.25, -0.2) is 4.98 Å². The predicted molar refractivity (Wildman–Crippen MR) is 70.6 cm³/mol. The molecule has 1 heterocycles. The second-order valence-corrected chi connectivity index (χ2v) is 4.73. The highest BCUT2D eigenvalue weighted by molar-refractivity contribution is 5.80. The van der Waals surface area contributed by atoms with E-state index in [0.29, 0.717) is 11.9 Å². The molecule has 0 aliphatic heterocycles. The summed E-state index contributed by atoms with van der Waals surface area (Å²) in [5, 5.41) is 5.81. The monoisotopic (exact) mass is 249 g/mol. The van der Waals surface area contributed by atoms with Gasteiger partial charge in [-0.15, -0.1) is 0 Å². The summed E-state index contributed by atoms with van der Waals surface area (Å²) in [6.45, 7) is 1.00. The molecule has 1 aliphatic carbocycles. The van der Waals surface area contributed by atoms with Gasteiger partial charge in [-0.1, -0.05) is 0 Å². The molecule has 6 nitrogen and oxygen atoms in total. The molecule has 0 aromatic carbocycles. The zero-order valence-electron chi connectivity index (χ0n) is 10.8. The number of anilines is 2. The van der Waals surface area contributed by atoms with Crippen molar-refractivity contribution >= 4 is 17.7 Å². The van der Waals surface area contributed by atoms with E-state index in [4.69, 9.17) is 0 Å². The summed E-state index contributed by atoms with van der Waals surface area (Å²) in [4.78, 5) is 21.8. The number of amides is 1. The van der Waals surface area contributed by atoms with E-state index in [1.807, 2.05) is 25.1 Å². The number of rotatable bonds is 6. The topological polar surface area (TPSA) is 70.2 Å². The first-order valence-electron chi connectivity index (χ1n) is 6.16. The van der Waals surface area contributed by atoms with Crippen molar-refractivity contribution in [3.63, 3.8) is 0 Å². The summed E-state index contributed by atoms with van der Waals surface area (Å²) < 4.78 is 0. The smallest absolute Gasteiger partial charge is 0.239 e. The van der Waals surface area contributed by atoms with E-state index < -0.39 is 0 Å². The van der Waals surface area contributed by atoms with E-state index in [-0.39, 0.29) is 12.5 Å². The van der Waals surface area contributed by atoms with E-state index in [0.717, 1.165) is 12.4 Å². The molecular formula is C12H19N5O. The zero-order valence-corrected chi connectivity index (χ0v) is 10.8. The Morgan fingerprint density at radius 2 is 2.28 bits per heavy atom. The number of carbonyl (C=O) groups is 1. The highest BCUT2D eigenvalue weighted by Gasteiger charge is 2.21. The van der Waals surface area contributed by atoms with Gasteiger partial charge in [0.15, 0.2) is 0 Å². The fraction of sp³-hybridized carbons (Fsp3) is 0.583. The second kappa shape index (κ2) is 5.66. The van der Waals surface area contributed by atoms with Crippen LogP contribution >= 0.6 is 0 Å². The van der Waals surface area contributed by atoms with Gasteiger partial charge in [-0.3, -0.25) is 4.79 Å². The third-order valence-corrected chi connectivity index (χ3v) is 2.79. The van der Waals surface area contributed by atoms with Crippen LogP contribution in [0.5, 0.6) is 0 Å². The molecule has 1 amide bonds. The number of nitrogens with one attached hydrogen (secondary N) is 2. The molecule has 1 aromatic heterocycles. The zero-order chi connectivity index (χ0) is 13.0. The number of hydrogen-bond acceptors (Lipinski definition) is 5. The summed E-state index contributed by atoms with van der Waals surface area (Å²) in [5.41, 5.74) is 0. The SMILES string of the molecule is CN(C)c1ccnc(NCC(=O)NCC2CC2)n1. The highest BCUT2D eigenvalue weighted by atomic mass is 16.1. The van der Waals surface area contributed by atoms with Crippen molar-refractivity contribution in [3.8, 4) is 0 Å². The van der Waals surface area contributed by atoms with Crippen molar-refractivity contribution in [1.29, 1.82) is 0 Å². The molecule has 1 saturated carbocycles. The predicted octanol–water partition coefficient (Wildman–Crippen LogP) is 0.481. The molecule has 0 saturated heterocycles. The van der Waals surface area contributed by atoms with E-state index >= 15 is 0 Å². The third kappa shape index (κ3) is 3.87. The van der Waals surface area contributed by atoms with E-state index in [1.54, 1.807) is 6.20 Å². The first-order chi connectivity index (χ1) is 8.65. The fourth-order valence-electron chi connectivity index (χ4n) is 1.49. The molecule has 6 heteroatoms. The number of carbonyl (C=O) groups excluding carboxylic acids is 1. The van der Waals surface area contributed by atoms with Crippen LogP contribution in [0.4, 0.5) is 11.8 Å². The lowest BCUT2D eigenvalue weighted by Gasteiger charge is -2.12. The lowest BCUT2D eigenvalue weighted by atomic mass is 10.4. The van der Waals surface area contributed by atoms with Crippen molar-refractivity contribution in [2.24, 2.45) is 5.92 Å². The van der Waals surface area contributed by atoms with Crippen LogP contribution < -0.4 is 15.5 Å². The summed E-state index contributed by atoms with van der Waals surface area (Å²) in [6.07, 6.45) is 4.15. The normalized spacial score (nSPS) is 14.1. The Balaban J connectivity index is 1.77. The van der Waals surface area contributed by atoms with Crippen LogP contribution in [0.25, 0.3) is 0 Å². The van der Waals surface area contributed by atoms with Crippen molar-refractivity contribution < 1.29 is 4.79 Å². The highest BCUT2D eigenvalue weighted by Crippen LogP contribution is 2.27. The first kappa shape index (κ1) is 12.6. The van der Waals surface area contributed by atoms with Gasteiger partial charge in [-0.2, -0.15) is 4.98 Å². The molecule has 1 fully saturated rings. The van der Waals surface area contributed by atoms with Crippen LogP contribution in [0.1, 0.15) is 12.8 Å². The quantitative estimate of drug-likeness (QED) is 0.767. The minimum atomic E-state index is -0.0132. The van der Waals surface area contributed by atoms with Gasteiger partial charge in [-0.05, 0) is 24.8 Å². The molecule has 0 spiro atoms. The average molecular weight is 249 g/mol. The largest absolute Gasteiger partial charge is 0.363 e. The Morgan fingerprint density at radius 3 is 2.94 bits per heavy atom. The van der Waals surface area contributed by atoms with Crippen LogP contribution in [-0.4, -0.2) is 43.1 Å². The van der Waals surface area contributed by atoms with Gasteiger partial charge in [0.05, 0.1) is 6.54 Å². The van der Waals surface area contributed by atoms with Crippen molar-refractivity contribution in [2.45, 2.75) is 12.8 Å². The summed E-state index contributed by atoms with van der Waals surface area (Å²) in [7, 11) is 3.82. The van der Waals surface area contributed by atoms with E-state index in [9.17, 15) is 4.79 Å². The maximum atomic E-state index is 11.5. The standard InChI is InChI=1S/C12H19N5O/c1-17(2)10-5-6-13-12(16-10)15-8-11(18)14-7-9-3-4-9/h5-6,9H,3-4,7-8H2,1-2H3,(H,14,18)(H,13,15,16). The molecule has 0 bridgehead atoms. The average Bonchev–Trinajstić information content (AvgIpc) is 3.18. The fourth-order valence-corrected chi connectivity index (χ4v) is 1.49. The van der Waals surface area contributed by atoms with Gasteiger partial charge >= 0.3 is 0 Å². The molecule has 2 N–H and O–H groups in total. The van der Waals surface area contributed by atoms with Crippen LogP contribution in [0.2, 0.25) is 0 Å².